The van der Waals surface area contributed by atoms with E-state index in [2.05, 4.69) is 15.0 Å². The fourth-order valence-electron chi connectivity index (χ4n) is 2.70. The second-order valence-corrected chi connectivity index (χ2v) is 7.29. The maximum absolute atomic E-state index is 12.0. The molecule has 2 aromatic carbocycles. The molecule has 1 heterocycles. The molecule has 1 amide bonds. The third-order valence-corrected chi connectivity index (χ3v) is 5.18. The van der Waals surface area contributed by atoms with Crippen molar-refractivity contribution in [2.45, 2.75) is 19.3 Å². The number of benzene rings is 2. The van der Waals surface area contributed by atoms with Gasteiger partial charge >= 0.3 is 11.9 Å². The molecule has 0 unspecified atom stereocenters. The van der Waals surface area contributed by atoms with Crippen LogP contribution in [0, 0.1) is 0 Å². The highest BCUT2D eigenvalue weighted by Crippen LogP contribution is 2.22. The third-order valence-electron chi connectivity index (χ3n) is 4.08. The zero-order valence-electron chi connectivity index (χ0n) is 15.8. The van der Waals surface area contributed by atoms with Crippen molar-refractivity contribution >= 4 is 45.1 Å². The number of hydrogen-bond acceptors (Lipinski definition) is 7. The molecule has 8 heteroatoms. The second kappa shape index (κ2) is 9.79. The van der Waals surface area contributed by atoms with Crippen LogP contribution < -0.4 is 5.32 Å². The first-order valence-corrected chi connectivity index (χ1v) is 9.85. The number of aryl methyl sites for hydroxylation is 1. The van der Waals surface area contributed by atoms with Gasteiger partial charge in [-0.25, -0.2) is 9.78 Å². The van der Waals surface area contributed by atoms with E-state index in [0.717, 1.165) is 15.2 Å². The number of para-hydroxylation sites is 2. The van der Waals surface area contributed by atoms with Crippen LogP contribution in [-0.2, 0) is 25.5 Å². The lowest BCUT2D eigenvalue weighted by Gasteiger charge is -2.10. The molecule has 0 aliphatic heterocycles. The quantitative estimate of drug-likeness (QED) is 0.568. The molecule has 3 aromatic rings. The number of ether oxygens (including phenoxy) is 2. The highest BCUT2D eigenvalue weighted by atomic mass is 32.1. The number of rotatable bonds is 8. The van der Waals surface area contributed by atoms with Crippen LogP contribution in [0.2, 0.25) is 0 Å². The number of fused-ring (bicyclic) bond motifs is 1. The smallest absolute Gasteiger partial charge is 0.339 e. The fourth-order valence-corrected chi connectivity index (χ4v) is 3.70. The second-order valence-electron chi connectivity index (χ2n) is 6.17. The van der Waals surface area contributed by atoms with Gasteiger partial charge in [-0.15, -0.1) is 11.3 Å². The Morgan fingerprint density at radius 2 is 1.83 bits per heavy atom. The third kappa shape index (κ3) is 5.61. The Labute approximate surface area is 171 Å². The van der Waals surface area contributed by atoms with Crippen LogP contribution in [0.1, 0.15) is 28.2 Å². The predicted octanol–water partition coefficient (Wildman–Crippen LogP) is 3.59. The highest BCUT2D eigenvalue weighted by molar-refractivity contribution is 7.18. The summed E-state index contributed by atoms with van der Waals surface area (Å²) in [4.78, 5) is 40.2. The molecule has 0 saturated carbocycles. The summed E-state index contributed by atoms with van der Waals surface area (Å²) in [7, 11) is 1.26. The van der Waals surface area contributed by atoms with Gasteiger partial charge in [0.15, 0.2) is 6.61 Å². The average molecular weight is 412 g/mol. The van der Waals surface area contributed by atoms with Gasteiger partial charge in [0.25, 0.3) is 5.91 Å². The number of aromatic nitrogens is 1. The summed E-state index contributed by atoms with van der Waals surface area (Å²) in [5.41, 5.74) is 1.49. The number of methoxy groups -OCH3 is 1. The summed E-state index contributed by atoms with van der Waals surface area (Å²) >= 11 is 1.61. The lowest BCUT2D eigenvalue weighted by molar-refractivity contribution is -0.147. The number of thiazole rings is 1. The van der Waals surface area contributed by atoms with Crippen molar-refractivity contribution in [3.63, 3.8) is 0 Å². The van der Waals surface area contributed by atoms with Crippen LogP contribution in [0.4, 0.5) is 5.69 Å². The van der Waals surface area contributed by atoms with E-state index in [-0.39, 0.29) is 12.0 Å². The molecular formula is C21H20N2O5S. The predicted molar refractivity (Wildman–Crippen MR) is 110 cm³/mol. The number of carbonyl (C=O) groups excluding carboxylic acids is 3. The molecule has 0 bridgehead atoms. The summed E-state index contributed by atoms with van der Waals surface area (Å²) in [5.74, 6) is -1.55. The van der Waals surface area contributed by atoms with Crippen molar-refractivity contribution in [2.75, 3.05) is 19.0 Å². The van der Waals surface area contributed by atoms with Crippen LogP contribution in [0.25, 0.3) is 10.2 Å². The van der Waals surface area contributed by atoms with Crippen molar-refractivity contribution in [1.82, 2.24) is 4.98 Å². The van der Waals surface area contributed by atoms with Gasteiger partial charge in [0, 0.05) is 6.42 Å². The molecule has 150 valence electrons. The fraction of sp³-hybridized carbons (Fsp3) is 0.238. The van der Waals surface area contributed by atoms with E-state index < -0.39 is 24.5 Å². The normalized spacial score (nSPS) is 10.5. The molecular weight excluding hydrogens is 392 g/mol. The molecule has 1 N–H and O–H groups in total. The lowest BCUT2D eigenvalue weighted by atomic mass is 10.2. The Balaban J connectivity index is 1.42. The zero-order valence-corrected chi connectivity index (χ0v) is 16.7. The summed E-state index contributed by atoms with van der Waals surface area (Å²) in [6.07, 6.45) is 1.46. The van der Waals surface area contributed by atoms with E-state index in [9.17, 15) is 14.4 Å². The minimum absolute atomic E-state index is 0.196. The molecule has 0 aliphatic rings. The topological polar surface area (TPSA) is 94.6 Å². The van der Waals surface area contributed by atoms with E-state index in [1.165, 1.54) is 13.2 Å². The van der Waals surface area contributed by atoms with Crippen LogP contribution in [0.3, 0.4) is 0 Å². The Morgan fingerprint density at radius 3 is 2.62 bits per heavy atom. The first-order valence-electron chi connectivity index (χ1n) is 9.04. The summed E-state index contributed by atoms with van der Waals surface area (Å²) in [6.45, 7) is -0.421. The van der Waals surface area contributed by atoms with Gasteiger partial charge in [-0.05, 0) is 37.1 Å². The van der Waals surface area contributed by atoms with Crippen LogP contribution in [0.15, 0.2) is 48.5 Å². The Hall–Kier alpha value is -3.26. The van der Waals surface area contributed by atoms with Crippen molar-refractivity contribution in [2.24, 2.45) is 0 Å². The van der Waals surface area contributed by atoms with E-state index in [1.807, 2.05) is 24.3 Å². The summed E-state index contributed by atoms with van der Waals surface area (Å²) in [6, 6.07) is 14.3. The van der Waals surface area contributed by atoms with E-state index in [1.54, 1.807) is 29.5 Å². The Bertz CT molecular complexity index is 998. The van der Waals surface area contributed by atoms with Crippen molar-refractivity contribution < 1.29 is 23.9 Å². The molecule has 0 saturated heterocycles. The molecule has 3 rings (SSSR count). The average Bonchev–Trinajstić information content (AvgIpc) is 3.15. The van der Waals surface area contributed by atoms with Gasteiger partial charge in [0.2, 0.25) is 0 Å². The van der Waals surface area contributed by atoms with Gasteiger partial charge in [0.05, 0.1) is 33.6 Å². The molecule has 0 spiro atoms. The monoisotopic (exact) mass is 412 g/mol. The molecule has 0 fully saturated rings. The minimum atomic E-state index is -0.562. The van der Waals surface area contributed by atoms with Crippen LogP contribution in [0.5, 0.6) is 0 Å². The standard InChI is InChI=1S/C21H20N2O5S/c1-27-21(26)14-7-2-3-8-15(14)22-18(24)13-28-20(25)12-6-11-19-23-16-9-4-5-10-17(16)29-19/h2-5,7-10H,6,11-13H2,1H3,(H,22,24). The summed E-state index contributed by atoms with van der Waals surface area (Å²) < 4.78 is 10.8. The van der Waals surface area contributed by atoms with Crippen LogP contribution >= 0.6 is 11.3 Å². The summed E-state index contributed by atoms with van der Waals surface area (Å²) in [5, 5.41) is 3.52. The van der Waals surface area contributed by atoms with Crippen LogP contribution in [-0.4, -0.2) is 36.5 Å². The van der Waals surface area contributed by atoms with E-state index in [0.29, 0.717) is 18.5 Å². The number of nitrogens with zero attached hydrogens (tertiary/aromatic N) is 1. The van der Waals surface area contributed by atoms with Gasteiger partial charge in [0.1, 0.15) is 0 Å². The number of esters is 2. The van der Waals surface area contributed by atoms with E-state index in [4.69, 9.17) is 4.74 Å². The minimum Gasteiger partial charge on any atom is -0.465 e. The maximum Gasteiger partial charge on any atom is 0.339 e. The molecule has 0 atom stereocenters. The Kier molecular flexibility index (Phi) is 6.91. The molecule has 0 aliphatic carbocycles. The molecule has 7 nitrogen and oxygen atoms in total. The van der Waals surface area contributed by atoms with Gasteiger partial charge in [-0.1, -0.05) is 24.3 Å². The number of carbonyl (C=O) groups is 3. The number of amides is 1. The SMILES string of the molecule is COC(=O)c1ccccc1NC(=O)COC(=O)CCCc1nc2ccccc2s1. The van der Waals surface area contributed by atoms with Gasteiger partial charge in [-0.3, -0.25) is 9.59 Å². The molecule has 1 aromatic heterocycles. The highest BCUT2D eigenvalue weighted by Gasteiger charge is 2.14. The number of nitrogens with one attached hydrogen (secondary N) is 1. The van der Waals surface area contributed by atoms with Crippen molar-refractivity contribution in [3.05, 3.63) is 59.1 Å². The zero-order chi connectivity index (χ0) is 20.6. The molecule has 0 radical (unpaired) electrons. The maximum atomic E-state index is 12.0. The van der Waals surface area contributed by atoms with Gasteiger partial charge < -0.3 is 14.8 Å². The van der Waals surface area contributed by atoms with Crippen molar-refractivity contribution in [1.29, 1.82) is 0 Å². The lowest BCUT2D eigenvalue weighted by Crippen LogP contribution is -2.22. The van der Waals surface area contributed by atoms with Gasteiger partial charge in [-0.2, -0.15) is 0 Å². The molecule has 29 heavy (non-hydrogen) atoms. The largest absolute Gasteiger partial charge is 0.465 e. The van der Waals surface area contributed by atoms with Crippen molar-refractivity contribution in [3.8, 4) is 0 Å². The first-order chi connectivity index (χ1) is 14.1. The number of anilines is 1. The van der Waals surface area contributed by atoms with E-state index >= 15 is 0 Å². The number of hydrogen-bond donors (Lipinski definition) is 1. The first kappa shape index (κ1) is 20.5. The Morgan fingerprint density at radius 1 is 1.07 bits per heavy atom.